The Morgan fingerprint density at radius 3 is 2.41 bits per heavy atom. The van der Waals surface area contributed by atoms with Gasteiger partial charge in [0.1, 0.15) is 0 Å². The van der Waals surface area contributed by atoms with E-state index in [4.69, 9.17) is 0 Å². The number of nitrogens with zero attached hydrogens (tertiary/aromatic N) is 3. The molecule has 3 rings (SSSR count). The van der Waals surface area contributed by atoms with Crippen LogP contribution in [0.25, 0.3) is 0 Å². The second-order valence-corrected chi connectivity index (χ2v) is 8.20. The molecule has 1 aromatic rings. The van der Waals surface area contributed by atoms with Crippen LogP contribution in [-0.4, -0.2) is 89.7 Å². The van der Waals surface area contributed by atoms with E-state index in [1.165, 1.54) is 0 Å². The molecule has 0 bridgehead atoms. The van der Waals surface area contributed by atoms with Gasteiger partial charge >= 0.3 is 6.03 Å². The van der Waals surface area contributed by atoms with Crippen molar-refractivity contribution in [1.29, 1.82) is 0 Å². The maximum absolute atomic E-state index is 12.8. The molecule has 7 heteroatoms. The summed E-state index contributed by atoms with van der Waals surface area (Å²) in [7, 11) is 3.74. The number of likely N-dealkylation sites (N-methyl/N-ethyl adjacent to an activating group) is 1. The highest BCUT2D eigenvalue weighted by Gasteiger charge is 2.68. The summed E-state index contributed by atoms with van der Waals surface area (Å²) in [4.78, 5) is 30.7. The molecule has 2 saturated heterocycles. The Kier molecular flexibility index (Phi) is 5.44. The molecular weight excluding hydrogens is 344 g/mol. The van der Waals surface area contributed by atoms with Gasteiger partial charge in [0.2, 0.25) is 5.91 Å². The quantitative estimate of drug-likeness (QED) is 0.796. The minimum absolute atomic E-state index is 0.0104. The van der Waals surface area contributed by atoms with Gasteiger partial charge in [-0.15, -0.1) is 0 Å². The summed E-state index contributed by atoms with van der Waals surface area (Å²) in [5.74, 6) is 0.0825. The number of urea groups is 1. The number of hydrogen-bond donors (Lipinski definition) is 2. The summed E-state index contributed by atoms with van der Waals surface area (Å²) >= 11 is 0. The van der Waals surface area contributed by atoms with Crippen LogP contribution < -0.4 is 5.32 Å². The van der Waals surface area contributed by atoms with Gasteiger partial charge in [-0.25, -0.2) is 4.79 Å². The third-order valence-electron chi connectivity index (χ3n) is 5.49. The molecule has 2 atom stereocenters. The fourth-order valence-corrected chi connectivity index (χ4v) is 4.46. The molecule has 2 aliphatic heterocycles. The molecule has 2 fully saturated rings. The maximum atomic E-state index is 12.8. The van der Waals surface area contributed by atoms with Crippen molar-refractivity contribution in [2.24, 2.45) is 0 Å². The van der Waals surface area contributed by atoms with Gasteiger partial charge in [0.05, 0.1) is 24.7 Å². The average molecular weight is 374 g/mol. The number of carbonyl (C=O) groups is 2. The lowest BCUT2D eigenvalue weighted by Crippen LogP contribution is -2.87. The van der Waals surface area contributed by atoms with E-state index >= 15 is 0 Å². The lowest BCUT2D eigenvalue weighted by Gasteiger charge is -2.70. The Hall–Kier alpha value is -2.12. The lowest BCUT2D eigenvalue weighted by atomic mass is 9.61. The first kappa shape index (κ1) is 19.6. The van der Waals surface area contributed by atoms with Crippen molar-refractivity contribution < 1.29 is 14.7 Å². The number of likely N-dealkylation sites (tertiary alicyclic amines) is 2. The summed E-state index contributed by atoms with van der Waals surface area (Å²) < 4.78 is 0. The van der Waals surface area contributed by atoms with Crippen LogP contribution >= 0.6 is 0 Å². The molecule has 0 saturated carbocycles. The molecule has 1 spiro atoms. The summed E-state index contributed by atoms with van der Waals surface area (Å²) in [5, 5.41) is 13.0. The molecule has 0 aromatic heterocycles. The number of nitrogens with one attached hydrogen (secondary N) is 1. The standard InChI is InChI=1S/C20H30N4O3/c1-14(2)21-19(27)24-16(11-25)18(15-8-6-5-7-9-15)20(24)12-23(13-20)17(26)10-22(3)4/h5-9,14,16,18,25H,10-13H2,1-4H3,(H,21,27)/t16-,18+/m0/s1. The van der Waals surface area contributed by atoms with Gasteiger partial charge in [0.15, 0.2) is 0 Å². The lowest BCUT2D eigenvalue weighted by molar-refractivity contribution is -0.177. The van der Waals surface area contributed by atoms with E-state index in [2.05, 4.69) is 5.32 Å². The number of carbonyl (C=O) groups excluding carboxylic acids is 2. The number of aliphatic hydroxyl groups is 1. The van der Waals surface area contributed by atoms with Gasteiger partial charge in [-0.1, -0.05) is 30.3 Å². The van der Waals surface area contributed by atoms with Gasteiger partial charge in [-0.05, 0) is 33.5 Å². The molecule has 2 N–H and O–H groups in total. The largest absolute Gasteiger partial charge is 0.394 e. The van der Waals surface area contributed by atoms with Crippen LogP contribution in [-0.2, 0) is 4.79 Å². The summed E-state index contributed by atoms with van der Waals surface area (Å²) in [6, 6.07) is 9.54. The molecule has 0 radical (unpaired) electrons. The first-order valence-electron chi connectivity index (χ1n) is 9.48. The van der Waals surface area contributed by atoms with Crippen LogP contribution in [0.3, 0.4) is 0 Å². The van der Waals surface area contributed by atoms with E-state index in [0.717, 1.165) is 5.56 Å². The molecule has 3 amide bonds. The Morgan fingerprint density at radius 2 is 1.89 bits per heavy atom. The highest BCUT2D eigenvalue weighted by molar-refractivity contribution is 5.82. The van der Waals surface area contributed by atoms with Crippen LogP contribution in [0.1, 0.15) is 25.3 Å². The predicted octanol–water partition coefficient (Wildman–Crippen LogP) is 0.707. The molecule has 2 heterocycles. The van der Waals surface area contributed by atoms with Crippen LogP contribution in [0.2, 0.25) is 0 Å². The molecule has 27 heavy (non-hydrogen) atoms. The number of rotatable bonds is 5. The van der Waals surface area contributed by atoms with Crippen molar-refractivity contribution in [3.63, 3.8) is 0 Å². The Labute approximate surface area is 160 Å². The van der Waals surface area contributed by atoms with E-state index < -0.39 is 5.54 Å². The number of amides is 3. The molecule has 1 aromatic carbocycles. The van der Waals surface area contributed by atoms with Crippen molar-refractivity contribution >= 4 is 11.9 Å². The molecule has 2 aliphatic rings. The maximum Gasteiger partial charge on any atom is 0.318 e. The van der Waals surface area contributed by atoms with Crippen molar-refractivity contribution in [2.45, 2.75) is 37.4 Å². The van der Waals surface area contributed by atoms with E-state index in [-0.39, 0.29) is 36.5 Å². The third kappa shape index (κ3) is 3.41. The zero-order valence-corrected chi connectivity index (χ0v) is 16.6. The number of benzene rings is 1. The molecule has 0 aliphatic carbocycles. The summed E-state index contributed by atoms with van der Waals surface area (Å²) in [6.45, 7) is 5.09. The van der Waals surface area contributed by atoms with E-state index in [1.54, 1.807) is 9.80 Å². The zero-order valence-electron chi connectivity index (χ0n) is 16.6. The number of aliphatic hydroxyl groups excluding tert-OH is 1. The Balaban J connectivity index is 1.86. The molecular formula is C20H30N4O3. The smallest absolute Gasteiger partial charge is 0.318 e. The van der Waals surface area contributed by atoms with Gasteiger partial charge < -0.3 is 25.1 Å². The zero-order chi connectivity index (χ0) is 19.8. The van der Waals surface area contributed by atoms with Crippen molar-refractivity contribution in [1.82, 2.24) is 20.0 Å². The van der Waals surface area contributed by atoms with Crippen molar-refractivity contribution in [3.05, 3.63) is 35.9 Å². The van der Waals surface area contributed by atoms with Gasteiger partial charge in [0, 0.05) is 25.0 Å². The third-order valence-corrected chi connectivity index (χ3v) is 5.49. The molecule has 148 valence electrons. The fourth-order valence-electron chi connectivity index (χ4n) is 4.46. The minimum atomic E-state index is -0.449. The predicted molar refractivity (Wildman–Crippen MR) is 103 cm³/mol. The van der Waals surface area contributed by atoms with Gasteiger partial charge in [-0.3, -0.25) is 4.79 Å². The van der Waals surface area contributed by atoms with Crippen LogP contribution in [0.5, 0.6) is 0 Å². The highest BCUT2D eigenvalue weighted by Crippen LogP contribution is 2.53. The number of hydrogen-bond acceptors (Lipinski definition) is 4. The van der Waals surface area contributed by atoms with E-state index in [1.807, 2.05) is 63.2 Å². The van der Waals surface area contributed by atoms with Gasteiger partial charge in [-0.2, -0.15) is 0 Å². The molecule has 7 nitrogen and oxygen atoms in total. The fraction of sp³-hybridized carbons (Fsp3) is 0.600. The minimum Gasteiger partial charge on any atom is -0.394 e. The van der Waals surface area contributed by atoms with Crippen LogP contribution in [0.15, 0.2) is 30.3 Å². The van der Waals surface area contributed by atoms with Crippen molar-refractivity contribution in [2.75, 3.05) is 40.3 Å². The first-order chi connectivity index (χ1) is 12.8. The van der Waals surface area contributed by atoms with E-state index in [9.17, 15) is 14.7 Å². The summed E-state index contributed by atoms with van der Waals surface area (Å²) in [5.41, 5.74) is 0.653. The summed E-state index contributed by atoms with van der Waals surface area (Å²) in [6.07, 6.45) is 0. The Bertz CT molecular complexity index is 686. The van der Waals surface area contributed by atoms with Crippen LogP contribution in [0, 0.1) is 0 Å². The second kappa shape index (κ2) is 7.48. The average Bonchev–Trinajstić information content (AvgIpc) is 2.52. The van der Waals surface area contributed by atoms with Crippen LogP contribution in [0.4, 0.5) is 4.79 Å². The topological polar surface area (TPSA) is 76.1 Å². The first-order valence-corrected chi connectivity index (χ1v) is 9.48. The van der Waals surface area contributed by atoms with Gasteiger partial charge in [0.25, 0.3) is 0 Å². The SMILES string of the molecule is CC(C)NC(=O)N1[C@@H](CO)[C@@H](c2ccccc2)C12CN(C(=O)CN(C)C)C2. The highest BCUT2D eigenvalue weighted by atomic mass is 16.3. The second-order valence-electron chi connectivity index (χ2n) is 8.20. The Morgan fingerprint density at radius 1 is 1.26 bits per heavy atom. The van der Waals surface area contributed by atoms with E-state index in [0.29, 0.717) is 19.6 Å². The molecule has 0 unspecified atom stereocenters. The normalized spacial score (nSPS) is 23.4. The van der Waals surface area contributed by atoms with Crippen molar-refractivity contribution in [3.8, 4) is 0 Å². The monoisotopic (exact) mass is 374 g/mol.